The molecule has 0 bridgehead atoms. The smallest absolute Gasteiger partial charge is 0.0846 e. The predicted octanol–water partition coefficient (Wildman–Crippen LogP) is 3.51. The molecule has 0 fully saturated rings. The quantitative estimate of drug-likeness (QED) is 0.901. The highest BCUT2D eigenvalue weighted by atomic mass is 79.9. The van der Waals surface area contributed by atoms with E-state index in [1.54, 1.807) is 11.3 Å². The van der Waals surface area contributed by atoms with Gasteiger partial charge in [0, 0.05) is 15.9 Å². The zero-order chi connectivity index (χ0) is 8.97. The SMILES string of the molecule is CNCC=Cc1cc(Br)c(Br)s1. The molecule has 0 aliphatic heterocycles. The minimum Gasteiger partial charge on any atom is -0.316 e. The summed E-state index contributed by atoms with van der Waals surface area (Å²) in [7, 11) is 1.94. The molecule has 0 radical (unpaired) electrons. The Morgan fingerprint density at radius 1 is 1.58 bits per heavy atom. The van der Waals surface area contributed by atoms with Gasteiger partial charge in [-0.3, -0.25) is 0 Å². The van der Waals surface area contributed by atoms with Gasteiger partial charge in [-0.2, -0.15) is 0 Å². The Bertz CT molecular complexity index is 261. The van der Waals surface area contributed by atoms with Gasteiger partial charge in [-0.25, -0.2) is 0 Å². The van der Waals surface area contributed by atoms with Crippen LogP contribution in [0.4, 0.5) is 0 Å². The lowest BCUT2D eigenvalue weighted by atomic mass is 10.4. The van der Waals surface area contributed by atoms with Crippen molar-refractivity contribution in [3.8, 4) is 0 Å². The molecule has 0 aromatic carbocycles. The Labute approximate surface area is 93.1 Å². The molecule has 4 heteroatoms. The molecule has 1 rings (SSSR count). The van der Waals surface area contributed by atoms with E-state index >= 15 is 0 Å². The highest BCUT2D eigenvalue weighted by molar-refractivity contribution is 9.13. The minimum absolute atomic E-state index is 0.910. The summed E-state index contributed by atoms with van der Waals surface area (Å²) in [5.74, 6) is 0. The Kier molecular flexibility index (Phi) is 4.50. The summed E-state index contributed by atoms with van der Waals surface area (Å²) in [6.45, 7) is 0.910. The van der Waals surface area contributed by atoms with Gasteiger partial charge in [0.15, 0.2) is 0 Å². The van der Waals surface area contributed by atoms with Crippen LogP contribution in [0.5, 0.6) is 0 Å². The first-order chi connectivity index (χ1) is 5.74. The molecule has 1 nitrogen and oxygen atoms in total. The standard InChI is InChI=1S/C8H9Br2NS/c1-11-4-2-3-6-5-7(9)8(10)12-6/h2-3,5,11H,4H2,1H3. The van der Waals surface area contributed by atoms with Crippen LogP contribution in [0, 0.1) is 0 Å². The number of hydrogen-bond donors (Lipinski definition) is 1. The molecular weight excluding hydrogens is 302 g/mol. The van der Waals surface area contributed by atoms with Crippen LogP contribution in [-0.2, 0) is 0 Å². The van der Waals surface area contributed by atoms with Crippen LogP contribution in [-0.4, -0.2) is 13.6 Å². The van der Waals surface area contributed by atoms with Crippen molar-refractivity contribution in [1.82, 2.24) is 5.32 Å². The third-order valence-corrected chi connectivity index (χ3v) is 4.49. The maximum absolute atomic E-state index is 3.45. The topological polar surface area (TPSA) is 12.0 Å². The molecule has 66 valence electrons. The Balaban J connectivity index is 2.64. The van der Waals surface area contributed by atoms with Gasteiger partial charge in [0.05, 0.1) is 3.79 Å². The zero-order valence-corrected chi connectivity index (χ0v) is 10.6. The fourth-order valence-electron chi connectivity index (χ4n) is 0.738. The van der Waals surface area contributed by atoms with Gasteiger partial charge in [-0.05, 0) is 51.0 Å². The van der Waals surface area contributed by atoms with Crippen molar-refractivity contribution in [2.45, 2.75) is 0 Å². The summed E-state index contributed by atoms with van der Waals surface area (Å²) in [5, 5.41) is 3.05. The number of rotatable bonds is 3. The first-order valence-electron chi connectivity index (χ1n) is 3.50. The molecule has 0 amide bonds. The maximum Gasteiger partial charge on any atom is 0.0846 e. The fraction of sp³-hybridized carbons (Fsp3) is 0.250. The van der Waals surface area contributed by atoms with Crippen LogP contribution in [0.2, 0.25) is 0 Å². The summed E-state index contributed by atoms with van der Waals surface area (Å²) in [6.07, 6.45) is 4.21. The van der Waals surface area contributed by atoms with E-state index in [-0.39, 0.29) is 0 Å². The van der Waals surface area contributed by atoms with Gasteiger partial charge in [0.1, 0.15) is 0 Å². The summed E-state index contributed by atoms with van der Waals surface area (Å²) < 4.78 is 2.27. The fourth-order valence-corrected chi connectivity index (χ4v) is 2.76. The van der Waals surface area contributed by atoms with E-state index in [4.69, 9.17) is 0 Å². The molecule has 12 heavy (non-hydrogen) atoms. The molecule has 1 aromatic rings. The molecule has 0 saturated carbocycles. The summed E-state index contributed by atoms with van der Waals surface area (Å²) in [5.41, 5.74) is 0. The zero-order valence-electron chi connectivity index (χ0n) is 6.60. The van der Waals surface area contributed by atoms with Gasteiger partial charge in [0.2, 0.25) is 0 Å². The number of thiophene rings is 1. The lowest BCUT2D eigenvalue weighted by Crippen LogP contribution is -2.03. The Morgan fingerprint density at radius 2 is 2.33 bits per heavy atom. The second kappa shape index (κ2) is 5.17. The van der Waals surface area contributed by atoms with Crippen molar-refractivity contribution in [1.29, 1.82) is 0 Å². The molecule has 0 spiro atoms. The third kappa shape index (κ3) is 3.01. The summed E-state index contributed by atoms with van der Waals surface area (Å²) >= 11 is 8.61. The lowest BCUT2D eigenvalue weighted by molar-refractivity contribution is 0.922. The van der Waals surface area contributed by atoms with Crippen LogP contribution in [0.25, 0.3) is 6.08 Å². The number of likely N-dealkylation sites (N-methyl/N-ethyl adjacent to an activating group) is 1. The predicted molar refractivity (Wildman–Crippen MR) is 62.7 cm³/mol. The number of hydrogen-bond acceptors (Lipinski definition) is 2. The normalized spacial score (nSPS) is 11.2. The van der Waals surface area contributed by atoms with E-state index in [0.717, 1.165) is 14.8 Å². The molecular formula is C8H9Br2NS. The number of nitrogens with one attached hydrogen (secondary N) is 1. The third-order valence-electron chi connectivity index (χ3n) is 1.27. The van der Waals surface area contributed by atoms with Crippen molar-refractivity contribution in [2.24, 2.45) is 0 Å². The molecule has 0 atom stereocenters. The molecule has 0 aliphatic rings. The molecule has 0 aliphatic carbocycles. The van der Waals surface area contributed by atoms with Crippen molar-refractivity contribution in [3.05, 3.63) is 25.3 Å². The van der Waals surface area contributed by atoms with Crippen molar-refractivity contribution >= 4 is 49.3 Å². The van der Waals surface area contributed by atoms with Crippen LogP contribution in [0.1, 0.15) is 4.88 Å². The molecule has 1 aromatic heterocycles. The van der Waals surface area contributed by atoms with E-state index in [2.05, 4.69) is 55.4 Å². The molecule has 0 saturated heterocycles. The van der Waals surface area contributed by atoms with E-state index < -0.39 is 0 Å². The van der Waals surface area contributed by atoms with E-state index in [0.29, 0.717) is 0 Å². The highest BCUT2D eigenvalue weighted by Crippen LogP contribution is 2.32. The van der Waals surface area contributed by atoms with Crippen molar-refractivity contribution in [2.75, 3.05) is 13.6 Å². The second-order valence-corrected chi connectivity index (χ2v) is 5.49. The highest BCUT2D eigenvalue weighted by Gasteiger charge is 1.99. The van der Waals surface area contributed by atoms with Crippen LogP contribution < -0.4 is 5.32 Å². The van der Waals surface area contributed by atoms with Gasteiger partial charge in [0.25, 0.3) is 0 Å². The average Bonchev–Trinajstić information content (AvgIpc) is 2.32. The monoisotopic (exact) mass is 309 g/mol. The van der Waals surface area contributed by atoms with Gasteiger partial charge >= 0.3 is 0 Å². The first kappa shape index (κ1) is 10.4. The van der Waals surface area contributed by atoms with Crippen molar-refractivity contribution in [3.63, 3.8) is 0 Å². The largest absolute Gasteiger partial charge is 0.316 e. The second-order valence-electron chi connectivity index (χ2n) is 2.23. The van der Waals surface area contributed by atoms with Crippen LogP contribution >= 0.6 is 43.2 Å². The Hall–Kier alpha value is 0.360. The molecule has 1 N–H and O–H groups in total. The Morgan fingerprint density at radius 3 is 2.83 bits per heavy atom. The van der Waals surface area contributed by atoms with E-state index in [1.165, 1.54) is 4.88 Å². The van der Waals surface area contributed by atoms with E-state index in [9.17, 15) is 0 Å². The first-order valence-corrected chi connectivity index (χ1v) is 5.90. The minimum atomic E-state index is 0.910. The van der Waals surface area contributed by atoms with Gasteiger partial charge in [-0.15, -0.1) is 11.3 Å². The van der Waals surface area contributed by atoms with Crippen LogP contribution in [0.3, 0.4) is 0 Å². The summed E-state index contributed by atoms with van der Waals surface area (Å²) in [6, 6.07) is 2.10. The number of halogens is 2. The van der Waals surface area contributed by atoms with Gasteiger partial charge in [-0.1, -0.05) is 6.08 Å². The maximum atomic E-state index is 3.45. The lowest BCUT2D eigenvalue weighted by Gasteiger charge is -1.86. The molecule has 1 heterocycles. The van der Waals surface area contributed by atoms with Crippen LogP contribution in [0.15, 0.2) is 20.4 Å². The molecule has 0 unspecified atom stereocenters. The van der Waals surface area contributed by atoms with Gasteiger partial charge < -0.3 is 5.32 Å². The van der Waals surface area contributed by atoms with E-state index in [1.807, 2.05) is 7.05 Å². The summed E-state index contributed by atoms with van der Waals surface area (Å²) in [4.78, 5) is 1.25. The van der Waals surface area contributed by atoms with Crippen molar-refractivity contribution < 1.29 is 0 Å². The average molecular weight is 311 g/mol.